The van der Waals surface area contributed by atoms with E-state index in [1.165, 1.54) is 12.1 Å². The number of aliphatic hydroxyl groups is 2. The molecule has 1 aromatic rings. The predicted molar refractivity (Wildman–Crippen MR) is 49.7 cm³/mol. The van der Waals surface area contributed by atoms with Crippen molar-refractivity contribution in [1.29, 1.82) is 5.26 Å². The molecular weight excluding hydrogens is 217 g/mol. The van der Waals surface area contributed by atoms with Crippen molar-refractivity contribution >= 4 is 5.97 Å². The minimum Gasteiger partial charge on any atom is -0.479 e. The molecule has 0 fully saturated rings. The minimum absolute atomic E-state index is 0.325. The monoisotopic (exact) mass is 225 g/mol. The first-order chi connectivity index (χ1) is 7.49. The van der Waals surface area contributed by atoms with Gasteiger partial charge in [0.1, 0.15) is 18.0 Å². The number of carbonyl (C=O) groups is 1. The maximum Gasteiger partial charge on any atom is 0.335 e. The molecule has 0 amide bonds. The van der Waals surface area contributed by atoms with E-state index >= 15 is 0 Å². The summed E-state index contributed by atoms with van der Waals surface area (Å²) in [5.41, 5.74) is -0.747. The largest absolute Gasteiger partial charge is 0.479 e. The molecule has 2 atom stereocenters. The SMILES string of the molecule is N#Cc1cccc(C(O)C(O)C(=O)O)c1F. The van der Waals surface area contributed by atoms with Gasteiger partial charge in [0.05, 0.1) is 5.56 Å². The highest BCUT2D eigenvalue weighted by Crippen LogP contribution is 2.22. The molecule has 0 bridgehead atoms. The third-order valence-electron chi connectivity index (χ3n) is 2.02. The number of nitriles is 1. The molecule has 3 N–H and O–H groups in total. The standard InChI is InChI=1S/C10H8FNO4/c11-7-5(4-12)2-1-3-6(7)8(13)9(14)10(15)16/h1-3,8-9,13-14H,(H,15,16). The number of rotatable bonds is 3. The van der Waals surface area contributed by atoms with Gasteiger partial charge in [-0.05, 0) is 6.07 Å². The normalized spacial score (nSPS) is 13.9. The molecule has 0 aliphatic rings. The van der Waals surface area contributed by atoms with E-state index in [4.69, 9.17) is 15.5 Å². The maximum absolute atomic E-state index is 13.5. The topological polar surface area (TPSA) is 102 Å². The van der Waals surface area contributed by atoms with Crippen LogP contribution in [0, 0.1) is 17.1 Å². The van der Waals surface area contributed by atoms with E-state index in [-0.39, 0.29) is 5.56 Å². The van der Waals surface area contributed by atoms with Crippen molar-refractivity contribution in [3.05, 3.63) is 35.1 Å². The highest BCUT2D eigenvalue weighted by atomic mass is 19.1. The van der Waals surface area contributed by atoms with E-state index in [9.17, 15) is 14.3 Å². The molecule has 0 radical (unpaired) electrons. The molecule has 1 aromatic carbocycles. The molecule has 5 nitrogen and oxygen atoms in total. The number of benzene rings is 1. The van der Waals surface area contributed by atoms with Crippen LogP contribution in [0.15, 0.2) is 18.2 Å². The van der Waals surface area contributed by atoms with Gasteiger partial charge in [0.15, 0.2) is 6.10 Å². The number of hydrogen-bond donors (Lipinski definition) is 3. The van der Waals surface area contributed by atoms with Gasteiger partial charge in [-0.1, -0.05) is 12.1 Å². The molecule has 6 heteroatoms. The average molecular weight is 225 g/mol. The molecule has 16 heavy (non-hydrogen) atoms. The number of nitrogens with zero attached hydrogens (tertiary/aromatic N) is 1. The van der Waals surface area contributed by atoms with E-state index in [0.29, 0.717) is 0 Å². The van der Waals surface area contributed by atoms with Gasteiger partial charge in [-0.2, -0.15) is 5.26 Å². The van der Waals surface area contributed by atoms with Gasteiger partial charge in [-0.3, -0.25) is 0 Å². The van der Waals surface area contributed by atoms with Crippen molar-refractivity contribution in [2.45, 2.75) is 12.2 Å². The molecule has 0 heterocycles. The van der Waals surface area contributed by atoms with E-state index in [1.807, 2.05) is 0 Å². The Labute approximate surface area is 90.0 Å². The van der Waals surface area contributed by atoms with Gasteiger partial charge in [0, 0.05) is 5.56 Å². The number of aliphatic carboxylic acids is 1. The molecule has 0 aliphatic carbocycles. The fourth-order valence-corrected chi connectivity index (χ4v) is 1.17. The molecule has 0 saturated carbocycles. The van der Waals surface area contributed by atoms with Crippen LogP contribution in [-0.2, 0) is 4.79 Å². The summed E-state index contributed by atoms with van der Waals surface area (Å²) in [5.74, 6) is -2.70. The Morgan fingerprint density at radius 1 is 1.44 bits per heavy atom. The number of carboxylic acid groups (broad SMARTS) is 1. The average Bonchev–Trinajstić information content (AvgIpc) is 2.27. The smallest absolute Gasteiger partial charge is 0.335 e. The Hall–Kier alpha value is -1.97. The Balaban J connectivity index is 3.15. The lowest BCUT2D eigenvalue weighted by Crippen LogP contribution is -2.28. The lowest BCUT2D eigenvalue weighted by Gasteiger charge is -2.15. The van der Waals surface area contributed by atoms with Crippen LogP contribution in [0.3, 0.4) is 0 Å². The molecule has 1 rings (SSSR count). The van der Waals surface area contributed by atoms with Gasteiger partial charge in [-0.15, -0.1) is 0 Å². The summed E-state index contributed by atoms with van der Waals surface area (Å²) in [7, 11) is 0. The molecule has 0 spiro atoms. The summed E-state index contributed by atoms with van der Waals surface area (Å²) < 4.78 is 13.5. The molecule has 84 valence electrons. The van der Waals surface area contributed by atoms with Crippen molar-refractivity contribution < 1.29 is 24.5 Å². The molecular formula is C10H8FNO4. The first-order valence-electron chi connectivity index (χ1n) is 4.26. The third kappa shape index (κ3) is 2.16. The van der Waals surface area contributed by atoms with Crippen LogP contribution >= 0.6 is 0 Å². The van der Waals surface area contributed by atoms with Crippen LogP contribution < -0.4 is 0 Å². The Morgan fingerprint density at radius 3 is 2.56 bits per heavy atom. The van der Waals surface area contributed by atoms with Crippen LogP contribution in [0.2, 0.25) is 0 Å². The van der Waals surface area contributed by atoms with Crippen molar-refractivity contribution in [2.24, 2.45) is 0 Å². The number of carboxylic acids is 1. The number of halogens is 1. The van der Waals surface area contributed by atoms with E-state index < -0.39 is 29.6 Å². The van der Waals surface area contributed by atoms with E-state index in [0.717, 1.165) is 6.07 Å². The molecule has 0 saturated heterocycles. The third-order valence-corrected chi connectivity index (χ3v) is 2.02. The minimum atomic E-state index is -2.14. The number of hydrogen-bond acceptors (Lipinski definition) is 4. The van der Waals surface area contributed by atoms with E-state index in [1.54, 1.807) is 6.07 Å². The van der Waals surface area contributed by atoms with Gasteiger partial charge < -0.3 is 15.3 Å². The highest BCUT2D eigenvalue weighted by Gasteiger charge is 2.28. The number of aliphatic hydroxyl groups excluding tert-OH is 2. The van der Waals surface area contributed by atoms with Gasteiger partial charge in [-0.25, -0.2) is 9.18 Å². The Bertz CT molecular complexity index is 455. The second kappa shape index (κ2) is 4.70. The van der Waals surface area contributed by atoms with Gasteiger partial charge in [0.25, 0.3) is 0 Å². The summed E-state index contributed by atoms with van der Waals surface area (Å²) in [6, 6.07) is 5.11. The first-order valence-corrected chi connectivity index (χ1v) is 4.26. The van der Waals surface area contributed by atoms with Crippen molar-refractivity contribution in [1.82, 2.24) is 0 Å². The van der Waals surface area contributed by atoms with Crippen LogP contribution in [0.25, 0.3) is 0 Å². The second-order valence-corrected chi connectivity index (χ2v) is 3.05. The van der Waals surface area contributed by atoms with Crippen LogP contribution in [0.1, 0.15) is 17.2 Å². The summed E-state index contributed by atoms with van der Waals surface area (Å²) in [5, 5.41) is 35.4. The summed E-state index contributed by atoms with van der Waals surface area (Å²) >= 11 is 0. The first kappa shape index (κ1) is 12.1. The maximum atomic E-state index is 13.5. The fourth-order valence-electron chi connectivity index (χ4n) is 1.17. The summed E-state index contributed by atoms with van der Waals surface area (Å²) in [4.78, 5) is 10.4. The Kier molecular flexibility index (Phi) is 3.55. The molecule has 0 aromatic heterocycles. The lowest BCUT2D eigenvalue weighted by atomic mass is 10.0. The van der Waals surface area contributed by atoms with Crippen LogP contribution in [0.5, 0.6) is 0 Å². The van der Waals surface area contributed by atoms with Crippen molar-refractivity contribution in [3.63, 3.8) is 0 Å². The van der Waals surface area contributed by atoms with Gasteiger partial charge >= 0.3 is 5.97 Å². The lowest BCUT2D eigenvalue weighted by molar-refractivity contribution is -0.153. The Morgan fingerprint density at radius 2 is 2.06 bits per heavy atom. The zero-order valence-electron chi connectivity index (χ0n) is 7.96. The highest BCUT2D eigenvalue weighted by molar-refractivity contribution is 5.73. The quantitative estimate of drug-likeness (QED) is 0.680. The summed E-state index contributed by atoms with van der Waals surface area (Å²) in [6.07, 6.45) is -4.05. The molecule has 0 aliphatic heterocycles. The van der Waals surface area contributed by atoms with Crippen molar-refractivity contribution in [2.75, 3.05) is 0 Å². The van der Waals surface area contributed by atoms with Crippen molar-refractivity contribution in [3.8, 4) is 6.07 Å². The van der Waals surface area contributed by atoms with Crippen LogP contribution in [-0.4, -0.2) is 27.4 Å². The summed E-state index contributed by atoms with van der Waals surface area (Å²) in [6.45, 7) is 0. The zero-order chi connectivity index (χ0) is 12.3. The zero-order valence-corrected chi connectivity index (χ0v) is 7.96. The van der Waals surface area contributed by atoms with Crippen LogP contribution in [0.4, 0.5) is 4.39 Å². The van der Waals surface area contributed by atoms with Gasteiger partial charge in [0.2, 0.25) is 0 Å². The molecule has 2 unspecified atom stereocenters. The second-order valence-electron chi connectivity index (χ2n) is 3.05. The van der Waals surface area contributed by atoms with E-state index in [2.05, 4.69) is 0 Å². The fraction of sp³-hybridized carbons (Fsp3) is 0.200. The predicted octanol–water partition coefficient (Wildman–Crippen LogP) is 0.176.